The molecular weight excluding hydrogens is 366 g/mol. The minimum atomic E-state index is -0.204. The summed E-state index contributed by atoms with van der Waals surface area (Å²) in [4.78, 5) is 26.7. The Balaban J connectivity index is 1.57. The van der Waals surface area contributed by atoms with Crippen LogP contribution in [0, 0.1) is 0 Å². The van der Waals surface area contributed by atoms with Gasteiger partial charge in [0, 0.05) is 43.7 Å². The number of amides is 3. The van der Waals surface area contributed by atoms with Crippen molar-refractivity contribution in [2.75, 3.05) is 23.8 Å². The Bertz CT molecular complexity index is 1070. The third-order valence-electron chi connectivity index (χ3n) is 5.05. The first-order valence-corrected chi connectivity index (χ1v) is 9.59. The summed E-state index contributed by atoms with van der Waals surface area (Å²) in [7, 11) is 3.48. The second-order valence-corrected chi connectivity index (χ2v) is 7.06. The summed E-state index contributed by atoms with van der Waals surface area (Å²) in [5.41, 5.74) is 4.86. The maximum absolute atomic E-state index is 12.8. The first-order valence-electron chi connectivity index (χ1n) is 9.59. The van der Waals surface area contributed by atoms with Gasteiger partial charge in [0.1, 0.15) is 0 Å². The van der Waals surface area contributed by atoms with Crippen LogP contribution >= 0.6 is 0 Å². The van der Waals surface area contributed by atoms with Gasteiger partial charge >= 0.3 is 6.03 Å². The number of fused-ring (bicyclic) bond motifs is 1. The van der Waals surface area contributed by atoms with E-state index in [1.54, 1.807) is 22.7 Å². The highest BCUT2D eigenvalue weighted by atomic mass is 16.2. The molecule has 148 valence electrons. The van der Waals surface area contributed by atoms with Gasteiger partial charge in [-0.2, -0.15) is 5.10 Å². The molecule has 0 atom stereocenters. The monoisotopic (exact) mass is 389 g/mol. The van der Waals surface area contributed by atoms with Crippen molar-refractivity contribution in [3.05, 3.63) is 65.9 Å². The zero-order valence-corrected chi connectivity index (χ0v) is 16.5. The number of benzene rings is 2. The van der Waals surface area contributed by atoms with Gasteiger partial charge in [-0.05, 0) is 48.7 Å². The number of hydrogen-bond donors (Lipinski definition) is 2. The summed E-state index contributed by atoms with van der Waals surface area (Å²) in [5.74, 6) is -0.204. The van der Waals surface area contributed by atoms with Gasteiger partial charge in [-0.1, -0.05) is 18.2 Å². The van der Waals surface area contributed by atoms with Crippen molar-refractivity contribution in [1.82, 2.24) is 15.1 Å². The van der Waals surface area contributed by atoms with E-state index in [4.69, 9.17) is 0 Å². The zero-order valence-electron chi connectivity index (χ0n) is 16.5. The molecule has 0 unspecified atom stereocenters. The fourth-order valence-corrected chi connectivity index (χ4v) is 3.59. The summed E-state index contributed by atoms with van der Waals surface area (Å²) >= 11 is 0. The molecule has 0 saturated carbocycles. The first-order chi connectivity index (χ1) is 14.0. The molecule has 2 heterocycles. The van der Waals surface area contributed by atoms with Crippen LogP contribution in [0.15, 0.2) is 54.7 Å². The Labute approximate surface area is 169 Å². The molecule has 3 aromatic rings. The second kappa shape index (κ2) is 7.79. The molecule has 0 spiro atoms. The van der Waals surface area contributed by atoms with Crippen LogP contribution in [-0.4, -0.2) is 35.3 Å². The van der Waals surface area contributed by atoms with E-state index in [-0.39, 0.29) is 11.9 Å². The number of nitrogens with zero attached hydrogens (tertiary/aromatic N) is 3. The fourth-order valence-electron chi connectivity index (χ4n) is 3.59. The van der Waals surface area contributed by atoms with Crippen molar-refractivity contribution in [2.45, 2.75) is 12.8 Å². The minimum absolute atomic E-state index is 0.141. The van der Waals surface area contributed by atoms with Crippen LogP contribution in [0.5, 0.6) is 0 Å². The van der Waals surface area contributed by atoms with Crippen LogP contribution in [0.2, 0.25) is 0 Å². The highest BCUT2D eigenvalue weighted by Crippen LogP contribution is 2.30. The lowest BCUT2D eigenvalue weighted by atomic mass is 10.0. The number of aryl methyl sites for hydroxylation is 2. The predicted octanol–water partition coefficient (Wildman–Crippen LogP) is 3.43. The van der Waals surface area contributed by atoms with Crippen LogP contribution in [0.4, 0.5) is 16.2 Å². The number of carbonyl (C=O) groups excluding carboxylic acids is 2. The molecule has 7 nitrogen and oxygen atoms in total. The second-order valence-electron chi connectivity index (χ2n) is 7.06. The van der Waals surface area contributed by atoms with Gasteiger partial charge in [0.25, 0.3) is 5.91 Å². The van der Waals surface area contributed by atoms with E-state index in [1.807, 2.05) is 55.7 Å². The average molecular weight is 389 g/mol. The molecule has 0 radical (unpaired) electrons. The Morgan fingerprint density at radius 3 is 2.72 bits per heavy atom. The molecule has 2 aromatic carbocycles. The minimum Gasteiger partial charge on any atom is -0.341 e. The van der Waals surface area contributed by atoms with Gasteiger partial charge in [-0.25, -0.2) is 4.79 Å². The van der Waals surface area contributed by atoms with Crippen LogP contribution in [0.1, 0.15) is 22.3 Å². The number of urea groups is 1. The van der Waals surface area contributed by atoms with E-state index < -0.39 is 0 Å². The summed E-state index contributed by atoms with van der Waals surface area (Å²) in [6.45, 7) is 0.663. The van der Waals surface area contributed by atoms with Crippen molar-refractivity contribution >= 4 is 23.3 Å². The summed E-state index contributed by atoms with van der Waals surface area (Å²) < 4.78 is 1.73. The number of hydrogen-bond acceptors (Lipinski definition) is 3. The van der Waals surface area contributed by atoms with Crippen molar-refractivity contribution in [2.24, 2.45) is 7.05 Å². The Kier molecular flexibility index (Phi) is 5.03. The summed E-state index contributed by atoms with van der Waals surface area (Å²) in [6, 6.07) is 14.9. The maximum Gasteiger partial charge on any atom is 0.321 e. The molecule has 4 rings (SSSR count). The molecule has 0 aliphatic carbocycles. The zero-order chi connectivity index (χ0) is 20.4. The van der Waals surface area contributed by atoms with Gasteiger partial charge in [-0.15, -0.1) is 0 Å². The molecule has 2 N–H and O–H groups in total. The maximum atomic E-state index is 12.8. The number of aromatic nitrogens is 2. The van der Waals surface area contributed by atoms with Crippen molar-refractivity contribution in [1.29, 1.82) is 0 Å². The molecule has 0 fully saturated rings. The first kappa shape index (κ1) is 18.7. The molecule has 0 saturated heterocycles. The fraction of sp³-hybridized carbons (Fsp3) is 0.227. The number of carbonyl (C=O) groups is 2. The highest BCUT2D eigenvalue weighted by Gasteiger charge is 2.22. The van der Waals surface area contributed by atoms with Gasteiger partial charge in [0.05, 0.1) is 11.4 Å². The normalized spacial score (nSPS) is 13.0. The lowest BCUT2D eigenvalue weighted by molar-refractivity contribution is 0.102. The third kappa shape index (κ3) is 3.85. The SMILES string of the molecule is CNC(=O)N1CCCc2ccc(NC(=O)c3cccc(-c4ccn(C)n4)c3)cc21. The highest BCUT2D eigenvalue weighted by molar-refractivity contribution is 6.05. The lowest BCUT2D eigenvalue weighted by Crippen LogP contribution is -2.41. The van der Waals surface area contributed by atoms with Crippen molar-refractivity contribution < 1.29 is 9.59 Å². The van der Waals surface area contributed by atoms with E-state index in [9.17, 15) is 9.59 Å². The quantitative estimate of drug-likeness (QED) is 0.720. The standard InChI is InChI=1S/C22H23N5O2/c1-23-22(29)27-11-4-7-15-8-9-18(14-20(15)27)24-21(28)17-6-3-5-16(13-17)19-10-12-26(2)25-19/h3,5-6,8-10,12-14H,4,7,11H2,1-2H3,(H,23,29)(H,24,28). The van der Waals surface area contributed by atoms with Crippen molar-refractivity contribution in [3.8, 4) is 11.3 Å². The van der Waals surface area contributed by atoms with Gasteiger partial charge in [-0.3, -0.25) is 14.4 Å². The van der Waals surface area contributed by atoms with Crippen molar-refractivity contribution in [3.63, 3.8) is 0 Å². The third-order valence-corrected chi connectivity index (χ3v) is 5.05. The molecule has 0 bridgehead atoms. The molecule has 1 aliphatic rings. The number of nitrogens with one attached hydrogen (secondary N) is 2. The molecule has 7 heteroatoms. The van der Waals surface area contributed by atoms with E-state index in [1.165, 1.54) is 0 Å². The molecule has 3 amide bonds. The van der Waals surface area contributed by atoms with Crippen LogP contribution in [-0.2, 0) is 13.5 Å². The predicted molar refractivity (Wildman–Crippen MR) is 113 cm³/mol. The summed E-state index contributed by atoms with van der Waals surface area (Å²) in [5, 5.41) is 10.0. The Morgan fingerprint density at radius 1 is 1.10 bits per heavy atom. The molecule has 1 aliphatic heterocycles. The van der Waals surface area contributed by atoms with Crippen LogP contribution < -0.4 is 15.5 Å². The molecule has 29 heavy (non-hydrogen) atoms. The van der Waals surface area contributed by atoms with Gasteiger partial charge in [0.15, 0.2) is 0 Å². The van der Waals surface area contributed by atoms with Gasteiger partial charge < -0.3 is 10.6 Å². The lowest BCUT2D eigenvalue weighted by Gasteiger charge is -2.29. The molecular formula is C22H23N5O2. The Hall–Kier alpha value is -3.61. The largest absolute Gasteiger partial charge is 0.341 e. The van der Waals surface area contributed by atoms with Crippen LogP contribution in [0.3, 0.4) is 0 Å². The summed E-state index contributed by atoms with van der Waals surface area (Å²) in [6.07, 6.45) is 3.71. The van der Waals surface area contributed by atoms with E-state index in [2.05, 4.69) is 15.7 Å². The van der Waals surface area contributed by atoms with E-state index >= 15 is 0 Å². The Morgan fingerprint density at radius 2 is 1.97 bits per heavy atom. The molecule has 1 aromatic heterocycles. The van der Waals surface area contributed by atoms with E-state index in [0.717, 1.165) is 35.3 Å². The number of rotatable bonds is 3. The average Bonchev–Trinajstić information content (AvgIpc) is 3.19. The van der Waals surface area contributed by atoms with E-state index in [0.29, 0.717) is 17.8 Å². The smallest absolute Gasteiger partial charge is 0.321 e. The van der Waals surface area contributed by atoms with Crippen LogP contribution in [0.25, 0.3) is 11.3 Å². The topological polar surface area (TPSA) is 79.3 Å². The number of anilines is 2. The van der Waals surface area contributed by atoms with Gasteiger partial charge in [0.2, 0.25) is 0 Å².